The van der Waals surface area contributed by atoms with Crippen LogP contribution in [0.5, 0.6) is 0 Å². The average molecular weight is 591 g/mol. The van der Waals surface area contributed by atoms with Crippen LogP contribution in [-0.4, -0.2) is 118 Å². The van der Waals surface area contributed by atoms with Gasteiger partial charge in [0.25, 0.3) is 11.8 Å². The van der Waals surface area contributed by atoms with Crippen molar-refractivity contribution in [1.82, 2.24) is 24.8 Å². The maximum Gasteiger partial charge on any atom is 0.410 e. The van der Waals surface area contributed by atoms with Gasteiger partial charge >= 0.3 is 22.4 Å². The number of aliphatic carboxylic acids is 1. The van der Waals surface area contributed by atoms with E-state index in [-0.39, 0.29) is 41.1 Å². The molecule has 1 saturated carbocycles. The monoisotopic (exact) mass is 590 g/mol. The van der Waals surface area contributed by atoms with E-state index in [9.17, 15) is 37.3 Å². The summed E-state index contributed by atoms with van der Waals surface area (Å²) in [6, 6.07) is -2.91. The number of rotatable bonds is 13. The van der Waals surface area contributed by atoms with Crippen LogP contribution in [0.2, 0.25) is 0 Å². The number of β-lactam (4-membered cyclic amide) rings is 1. The van der Waals surface area contributed by atoms with Crippen molar-refractivity contribution in [3.63, 3.8) is 0 Å². The Balaban J connectivity index is 1.51. The van der Waals surface area contributed by atoms with Crippen LogP contribution in [0.4, 0.5) is 9.93 Å². The second-order valence-corrected chi connectivity index (χ2v) is 11.1. The highest BCUT2D eigenvalue weighted by Gasteiger charge is 2.56. The largest absolute Gasteiger partial charge is 0.478 e. The number of ether oxygens (including phenoxy) is 1. The van der Waals surface area contributed by atoms with Gasteiger partial charge in [-0.2, -0.15) is 8.42 Å². The molecule has 1 aliphatic carbocycles. The summed E-state index contributed by atoms with van der Waals surface area (Å²) < 4.78 is 38.7. The van der Waals surface area contributed by atoms with Gasteiger partial charge in [0.2, 0.25) is 5.60 Å². The predicted octanol–water partition coefficient (Wildman–Crippen LogP) is -3.07. The van der Waals surface area contributed by atoms with Crippen LogP contribution in [0.15, 0.2) is 10.5 Å². The van der Waals surface area contributed by atoms with Crippen LogP contribution in [0.25, 0.3) is 0 Å². The number of hydrogen-bond acceptors (Lipinski definition) is 14. The third kappa shape index (κ3) is 6.03. The molecule has 3 amide bonds. The topological polar surface area (TPSA) is 269 Å². The lowest BCUT2D eigenvalue weighted by Gasteiger charge is -2.45. The number of carboxylic acids is 1. The SMILES string of the molecule is NCCNC[C@@H]1CN(C[C@H]2[C@H](NC(=O)C(=NOC3(C(=O)O)CC3)c3csc(N)n3)C(=O)N2S(=O)(=O)O)C(=O)O1. The number of hydrogen-bond donors (Lipinski definition) is 6. The van der Waals surface area contributed by atoms with Crippen molar-refractivity contribution in [2.45, 2.75) is 36.6 Å². The number of nitrogens with two attached hydrogens (primary N) is 2. The summed E-state index contributed by atoms with van der Waals surface area (Å²) in [6.45, 7) is 0.746. The number of nitrogen functional groups attached to an aromatic ring is 1. The van der Waals surface area contributed by atoms with Crippen molar-refractivity contribution >= 4 is 56.4 Å². The minimum absolute atomic E-state index is 0.0387. The molecule has 1 aromatic rings. The number of thiazole rings is 1. The van der Waals surface area contributed by atoms with Gasteiger partial charge < -0.3 is 41.7 Å². The molecular weight excluding hydrogens is 564 g/mol. The Labute approximate surface area is 225 Å². The summed E-state index contributed by atoms with van der Waals surface area (Å²) in [6.07, 6.45) is -1.06. The van der Waals surface area contributed by atoms with Gasteiger partial charge in [0.05, 0.1) is 12.6 Å². The summed E-state index contributed by atoms with van der Waals surface area (Å²) in [4.78, 5) is 59.8. The van der Waals surface area contributed by atoms with E-state index in [0.717, 1.165) is 16.2 Å². The smallest absolute Gasteiger partial charge is 0.410 e. The number of oxime groups is 1. The zero-order valence-corrected chi connectivity index (χ0v) is 21.8. The lowest BCUT2D eigenvalue weighted by atomic mass is 9.97. The van der Waals surface area contributed by atoms with Crippen LogP contribution in [0, 0.1) is 0 Å². The molecule has 3 heterocycles. The molecule has 3 aliphatic rings. The number of carbonyl (C=O) groups is 4. The Bertz CT molecular complexity index is 1300. The second kappa shape index (κ2) is 10.9. The van der Waals surface area contributed by atoms with Crippen molar-refractivity contribution in [2.75, 3.05) is 38.5 Å². The number of carboxylic acid groups (broad SMARTS) is 1. The van der Waals surface area contributed by atoms with Gasteiger partial charge in [0.1, 0.15) is 17.8 Å². The summed E-state index contributed by atoms with van der Waals surface area (Å²) >= 11 is 0.954. The number of nitrogens with one attached hydrogen (secondary N) is 2. The quantitative estimate of drug-likeness (QED) is 0.0437. The summed E-state index contributed by atoms with van der Waals surface area (Å²) in [7, 11) is -5.04. The second-order valence-electron chi connectivity index (χ2n) is 8.94. The minimum Gasteiger partial charge on any atom is -0.478 e. The van der Waals surface area contributed by atoms with Gasteiger partial charge in [-0.05, 0) is 0 Å². The number of amides is 3. The van der Waals surface area contributed by atoms with Crippen molar-refractivity contribution in [1.29, 1.82) is 0 Å². The fraction of sp³-hybridized carbons (Fsp3) is 0.579. The van der Waals surface area contributed by atoms with Gasteiger partial charge in [-0.3, -0.25) is 14.1 Å². The Hall–Kier alpha value is -3.59. The molecule has 0 unspecified atom stereocenters. The highest BCUT2D eigenvalue weighted by Crippen LogP contribution is 2.40. The Morgan fingerprint density at radius 3 is 2.64 bits per heavy atom. The molecule has 0 bridgehead atoms. The maximum absolute atomic E-state index is 13.2. The van der Waals surface area contributed by atoms with E-state index in [1.54, 1.807) is 0 Å². The first-order valence-electron chi connectivity index (χ1n) is 11.5. The van der Waals surface area contributed by atoms with Crippen molar-refractivity contribution in [3.8, 4) is 0 Å². The van der Waals surface area contributed by atoms with Gasteiger partial charge in [-0.1, -0.05) is 5.16 Å². The van der Waals surface area contributed by atoms with E-state index < -0.39 is 70.2 Å². The van der Waals surface area contributed by atoms with Gasteiger partial charge in [0, 0.05) is 44.4 Å². The Kier molecular flexibility index (Phi) is 7.93. The lowest BCUT2D eigenvalue weighted by molar-refractivity contribution is -0.153. The van der Waals surface area contributed by atoms with E-state index >= 15 is 0 Å². The van der Waals surface area contributed by atoms with E-state index in [4.69, 9.17) is 21.0 Å². The van der Waals surface area contributed by atoms with Crippen LogP contribution in [-0.2, 0) is 34.3 Å². The van der Waals surface area contributed by atoms with Gasteiger partial charge in [-0.15, -0.1) is 11.3 Å². The van der Waals surface area contributed by atoms with Crippen LogP contribution >= 0.6 is 11.3 Å². The molecule has 0 radical (unpaired) electrons. The first kappa shape index (κ1) is 28.4. The molecule has 0 spiro atoms. The molecule has 214 valence electrons. The van der Waals surface area contributed by atoms with Crippen molar-refractivity contribution < 1.29 is 46.8 Å². The average Bonchev–Trinajstić information content (AvgIpc) is 3.41. The molecule has 18 nitrogen and oxygen atoms in total. The number of aromatic nitrogens is 1. The molecule has 20 heteroatoms. The zero-order chi connectivity index (χ0) is 28.5. The number of carbonyl (C=O) groups excluding carboxylic acids is 3. The van der Waals surface area contributed by atoms with Crippen molar-refractivity contribution in [3.05, 3.63) is 11.1 Å². The maximum atomic E-state index is 13.2. The first-order valence-corrected chi connectivity index (χ1v) is 13.8. The van der Waals surface area contributed by atoms with Crippen LogP contribution in [0.3, 0.4) is 0 Å². The van der Waals surface area contributed by atoms with Gasteiger partial charge in [-0.25, -0.2) is 18.9 Å². The fourth-order valence-electron chi connectivity index (χ4n) is 3.96. The number of cyclic esters (lactones) is 1. The molecule has 3 fully saturated rings. The fourth-order valence-corrected chi connectivity index (χ4v) is 5.38. The molecule has 3 atom stereocenters. The minimum atomic E-state index is -5.04. The lowest BCUT2D eigenvalue weighted by Crippen LogP contribution is -2.74. The van der Waals surface area contributed by atoms with E-state index in [1.807, 2.05) is 0 Å². The molecule has 2 saturated heterocycles. The predicted molar refractivity (Wildman–Crippen MR) is 132 cm³/mol. The number of nitrogens with zero attached hydrogens (tertiary/aromatic N) is 4. The van der Waals surface area contributed by atoms with Crippen molar-refractivity contribution in [2.24, 2.45) is 10.9 Å². The molecule has 0 aromatic carbocycles. The summed E-state index contributed by atoms with van der Waals surface area (Å²) in [5, 5.41) is 19.7. The standard InChI is InChI=1S/C19H26N8O10S2/c20-3-4-22-5-9-6-26(18(32)36-9)7-11-13(15(29)27(11)39(33,34)35)24-14(28)12(10-8-38-17(21)23-10)25-37-19(1-2-19)16(30)31/h8-9,11,13,22H,1-7,20H2,(H2,21,23)(H,24,28)(H,30,31)(H,33,34,35)/t9-,11+,13+/m1/s1. The third-order valence-corrected chi connectivity index (χ3v) is 7.76. The van der Waals surface area contributed by atoms with Crippen LogP contribution in [0.1, 0.15) is 18.5 Å². The Morgan fingerprint density at radius 1 is 1.36 bits per heavy atom. The van der Waals surface area contributed by atoms with E-state index in [1.165, 1.54) is 5.38 Å². The summed E-state index contributed by atoms with van der Waals surface area (Å²) in [5.41, 5.74) is 8.85. The normalized spacial score (nSPS) is 24.3. The van der Waals surface area contributed by atoms with Crippen LogP contribution < -0.4 is 22.1 Å². The Morgan fingerprint density at radius 2 is 2.08 bits per heavy atom. The number of anilines is 1. The third-order valence-electron chi connectivity index (χ3n) is 6.14. The van der Waals surface area contributed by atoms with E-state index in [0.29, 0.717) is 13.1 Å². The highest BCUT2D eigenvalue weighted by atomic mass is 32.2. The molecule has 4 rings (SSSR count). The van der Waals surface area contributed by atoms with Gasteiger partial charge in [0.15, 0.2) is 10.8 Å². The molecular formula is C19H26N8O10S2. The highest BCUT2D eigenvalue weighted by molar-refractivity contribution is 7.84. The molecule has 2 aliphatic heterocycles. The first-order chi connectivity index (χ1) is 18.4. The molecule has 1 aromatic heterocycles. The molecule has 8 N–H and O–H groups in total. The zero-order valence-electron chi connectivity index (χ0n) is 20.2. The summed E-state index contributed by atoms with van der Waals surface area (Å²) in [5.74, 6) is -3.52. The molecule has 39 heavy (non-hydrogen) atoms. The van der Waals surface area contributed by atoms with E-state index in [2.05, 4.69) is 20.8 Å².